The average molecular weight is 357 g/mol. The van der Waals surface area contributed by atoms with E-state index in [9.17, 15) is 18.4 Å². The molecule has 1 fully saturated rings. The molecule has 0 bridgehead atoms. The highest BCUT2D eigenvalue weighted by molar-refractivity contribution is 5.97. The second-order valence-electron chi connectivity index (χ2n) is 5.88. The number of methoxy groups -OCH3 is 1. The smallest absolute Gasteiger partial charge is 0.326 e. The first-order valence-corrected chi connectivity index (χ1v) is 8.07. The first-order chi connectivity index (χ1) is 11.9. The number of hydrogen-bond donors (Lipinski definition) is 2. The third kappa shape index (κ3) is 5.30. The molecule has 1 amide bonds. The normalized spacial score (nSPS) is 15.8. The third-order valence-electron chi connectivity index (χ3n) is 4.04. The summed E-state index contributed by atoms with van der Waals surface area (Å²) in [5.74, 6) is -1.45. The summed E-state index contributed by atoms with van der Waals surface area (Å²) in [6.07, 6.45) is 0.441. The van der Waals surface area contributed by atoms with E-state index < -0.39 is 30.8 Å². The summed E-state index contributed by atoms with van der Waals surface area (Å²) >= 11 is 0. The lowest BCUT2D eigenvalue weighted by Crippen LogP contribution is -2.42. The van der Waals surface area contributed by atoms with Crippen molar-refractivity contribution in [2.45, 2.75) is 50.7 Å². The monoisotopic (exact) mass is 357 g/mol. The lowest BCUT2D eigenvalue weighted by atomic mass is 10.1. The first kappa shape index (κ1) is 19.0. The van der Waals surface area contributed by atoms with Crippen LogP contribution in [0.2, 0.25) is 0 Å². The molecule has 1 unspecified atom stereocenters. The Balaban J connectivity index is 2.09. The quantitative estimate of drug-likeness (QED) is 0.747. The van der Waals surface area contributed by atoms with E-state index in [1.807, 2.05) is 0 Å². The summed E-state index contributed by atoms with van der Waals surface area (Å²) in [4.78, 5) is 23.1. The zero-order valence-corrected chi connectivity index (χ0v) is 13.8. The number of aliphatic carboxylic acids is 1. The molecule has 2 rings (SSSR count). The topological polar surface area (TPSA) is 84.9 Å². The molecule has 1 atom stereocenters. The fraction of sp³-hybridized carbons (Fsp3) is 0.529. The molecule has 0 aromatic heterocycles. The summed E-state index contributed by atoms with van der Waals surface area (Å²) in [6, 6.07) is 2.76. The molecule has 138 valence electrons. The zero-order valence-electron chi connectivity index (χ0n) is 13.8. The zero-order chi connectivity index (χ0) is 18.4. The Labute approximate surface area is 144 Å². The van der Waals surface area contributed by atoms with Crippen LogP contribution in [0.1, 0.15) is 42.5 Å². The highest BCUT2D eigenvalue weighted by Crippen LogP contribution is 2.32. The van der Waals surface area contributed by atoms with E-state index in [0.717, 1.165) is 25.7 Å². The van der Waals surface area contributed by atoms with Crippen LogP contribution in [-0.4, -0.2) is 42.7 Å². The van der Waals surface area contributed by atoms with Gasteiger partial charge in [-0.05, 0) is 43.9 Å². The van der Waals surface area contributed by atoms with Gasteiger partial charge in [-0.25, -0.2) is 13.6 Å². The number of carbonyl (C=O) groups excluding carboxylic acids is 1. The Hall–Kier alpha value is -2.38. The molecule has 0 spiro atoms. The minimum absolute atomic E-state index is 0.107. The number of rotatable bonds is 8. The lowest BCUT2D eigenvalue weighted by molar-refractivity contribution is -0.140. The van der Waals surface area contributed by atoms with Gasteiger partial charge >= 0.3 is 5.97 Å². The van der Waals surface area contributed by atoms with Gasteiger partial charge in [-0.1, -0.05) is 0 Å². The SMILES string of the molecule is COc1cc(C(=O)NC(CC(F)F)C(=O)O)ccc1OC1CCCC1. The number of amides is 1. The highest BCUT2D eigenvalue weighted by atomic mass is 19.3. The molecule has 1 aliphatic carbocycles. The number of hydrogen-bond acceptors (Lipinski definition) is 4. The van der Waals surface area contributed by atoms with Crippen LogP contribution in [0.5, 0.6) is 11.5 Å². The largest absolute Gasteiger partial charge is 0.493 e. The lowest BCUT2D eigenvalue weighted by Gasteiger charge is -2.17. The van der Waals surface area contributed by atoms with Gasteiger partial charge < -0.3 is 19.9 Å². The number of halogens is 2. The van der Waals surface area contributed by atoms with Gasteiger partial charge in [0.2, 0.25) is 6.43 Å². The predicted octanol–water partition coefficient (Wildman–Crippen LogP) is 2.85. The molecule has 2 N–H and O–H groups in total. The number of carboxylic acids is 1. The minimum Gasteiger partial charge on any atom is -0.493 e. The van der Waals surface area contributed by atoms with E-state index in [1.165, 1.54) is 19.2 Å². The molecular formula is C17H21F2NO5. The Morgan fingerprint density at radius 3 is 2.52 bits per heavy atom. The summed E-state index contributed by atoms with van der Waals surface area (Å²) in [5, 5.41) is 11.0. The predicted molar refractivity (Wildman–Crippen MR) is 85.4 cm³/mol. The molecule has 1 aliphatic rings. The van der Waals surface area contributed by atoms with Crippen molar-refractivity contribution in [1.82, 2.24) is 5.32 Å². The van der Waals surface area contributed by atoms with Gasteiger partial charge in [0.25, 0.3) is 5.91 Å². The van der Waals surface area contributed by atoms with Gasteiger partial charge in [-0.3, -0.25) is 4.79 Å². The number of benzene rings is 1. The Morgan fingerprint density at radius 1 is 1.28 bits per heavy atom. The molecule has 0 radical (unpaired) electrons. The molecule has 8 heteroatoms. The van der Waals surface area contributed by atoms with Crippen molar-refractivity contribution in [3.8, 4) is 11.5 Å². The molecule has 1 aromatic rings. The van der Waals surface area contributed by atoms with Crippen LogP contribution < -0.4 is 14.8 Å². The molecular weight excluding hydrogens is 336 g/mol. The van der Waals surface area contributed by atoms with Gasteiger partial charge in [-0.2, -0.15) is 0 Å². The molecule has 0 aliphatic heterocycles. The van der Waals surface area contributed by atoms with E-state index >= 15 is 0 Å². The maximum atomic E-state index is 12.4. The summed E-state index contributed by atoms with van der Waals surface area (Å²) < 4.78 is 35.9. The molecule has 0 heterocycles. The van der Waals surface area contributed by atoms with Crippen molar-refractivity contribution >= 4 is 11.9 Å². The van der Waals surface area contributed by atoms with E-state index in [2.05, 4.69) is 5.32 Å². The molecule has 1 aromatic carbocycles. The van der Waals surface area contributed by atoms with Crippen LogP contribution in [0.3, 0.4) is 0 Å². The van der Waals surface area contributed by atoms with Gasteiger partial charge in [-0.15, -0.1) is 0 Å². The summed E-state index contributed by atoms with van der Waals surface area (Å²) in [5.41, 5.74) is 0.108. The standard InChI is InChI=1S/C17H21F2NO5/c1-24-14-8-10(6-7-13(14)25-11-4-2-3-5-11)16(21)20-12(17(22)23)9-15(18)19/h6-8,11-12,15H,2-5,9H2,1H3,(H,20,21)(H,22,23). The van der Waals surface area contributed by atoms with E-state index in [0.29, 0.717) is 11.5 Å². The van der Waals surface area contributed by atoms with Crippen LogP contribution in [0.15, 0.2) is 18.2 Å². The van der Waals surface area contributed by atoms with Crippen LogP contribution in [0.4, 0.5) is 8.78 Å². The number of carboxylic acid groups (broad SMARTS) is 1. The van der Waals surface area contributed by atoms with Crippen LogP contribution in [-0.2, 0) is 4.79 Å². The van der Waals surface area contributed by atoms with Crippen LogP contribution in [0.25, 0.3) is 0 Å². The fourth-order valence-corrected chi connectivity index (χ4v) is 2.73. The fourth-order valence-electron chi connectivity index (χ4n) is 2.73. The second kappa shape index (κ2) is 8.64. The van der Waals surface area contributed by atoms with Gasteiger partial charge in [0.15, 0.2) is 11.5 Å². The maximum Gasteiger partial charge on any atom is 0.326 e. The van der Waals surface area contributed by atoms with E-state index in [-0.39, 0.29) is 11.7 Å². The molecule has 1 saturated carbocycles. The summed E-state index contributed by atoms with van der Waals surface area (Å²) in [7, 11) is 1.43. The van der Waals surface area contributed by atoms with Gasteiger partial charge in [0.05, 0.1) is 13.2 Å². The Bertz CT molecular complexity index is 617. The third-order valence-corrected chi connectivity index (χ3v) is 4.04. The number of alkyl halides is 2. The average Bonchev–Trinajstić information content (AvgIpc) is 3.07. The molecule has 0 saturated heterocycles. The van der Waals surface area contributed by atoms with Gasteiger partial charge in [0, 0.05) is 12.0 Å². The van der Waals surface area contributed by atoms with Crippen molar-refractivity contribution in [3.63, 3.8) is 0 Å². The summed E-state index contributed by atoms with van der Waals surface area (Å²) in [6.45, 7) is 0. The van der Waals surface area contributed by atoms with E-state index in [4.69, 9.17) is 14.6 Å². The molecule has 6 nitrogen and oxygen atoms in total. The van der Waals surface area contributed by atoms with Crippen molar-refractivity contribution in [2.75, 3.05) is 7.11 Å². The van der Waals surface area contributed by atoms with Crippen molar-refractivity contribution < 1.29 is 33.0 Å². The van der Waals surface area contributed by atoms with E-state index in [1.54, 1.807) is 6.07 Å². The van der Waals surface area contributed by atoms with Crippen LogP contribution in [0, 0.1) is 0 Å². The second-order valence-corrected chi connectivity index (χ2v) is 5.88. The minimum atomic E-state index is -2.84. The Kier molecular flexibility index (Phi) is 6.55. The number of carbonyl (C=O) groups is 2. The van der Waals surface area contributed by atoms with Crippen LogP contribution >= 0.6 is 0 Å². The number of ether oxygens (including phenoxy) is 2. The maximum absolute atomic E-state index is 12.4. The molecule has 25 heavy (non-hydrogen) atoms. The first-order valence-electron chi connectivity index (χ1n) is 8.07. The van der Waals surface area contributed by atoms with Gasteiger partial charge in [0.1, 0.15) is 6.04 Å². The van der Waals surface area contributed by atoms with Crippen molar-refractivity contribution in [1.29, 1.82) is 0 Å². The van der Waals surface area contributed by atoms with Crippen molar-refractivity contribution in [2.24, 2.45) is 0 Å². The number of nitrogens with one attached hydrogen (secondary N) is 1. The highest BCUT2D eigenvalue weighted by Gasteiger charge is 2.25. The Morgan fingerprint density at radius 2 is 1.96 bits per heavy atom. The van der Waals surface area contributed by atoms with Crippen molar-refractivity contribution in [3.05, 3.63) is 23.8 Å².